The summed E-state index contributed by atoms with van der Waals surface area (Å²) in [5, 5.41) is 7.19. The fourth-order valence-electron chi connectivity index (χ4n) is 0.909. The number of carbonyl (C=O) groups is 1. The van der Waals surface area contributed by atoms with Gasteiger partial charge < -0.3 is 4.74 Å². The van der Waals surface area contributed by atoms with Crippen molar-refractivity contribution >= 4 is 11.7 Å². The summed E-state index contributed by atoms with van der Waals surface area (Å²) < 4.78 is 29.9. The molecule has 0 radical (unpaired) electrons. The summed E-state index contributed by atoms with van der Waals surface area (Å²) in [4.78, 5) is 10.8. The van der Waals surface area contributed by atoms with Crippen molar-refractivity contribution in [2.45, 2.75) is 0 Å². The minimum absolute atomic E-state index is 0.406. The van der Waals surface area contributed by atoms with E-state index in [4.69, 9.17) is 5.41 Å². The summed E-state index contributed by atoms with van der Waals surface area (Å²) in [6.07, 6.45) is 0. The molecule has 0 heterocycles. The van der Waals surface area contributed by atoms with E-state index in [9.17, 15) is 13.6 Å². The number of benzene rings is 1. The van der Waals surface area contributed by atoms with Crippen LogP contribution in [0.3, 0.4) is 0 Å². The maximum Gasteiger partial charge on any atom is 0.356 e. The number of esters is 1. The van der Waals surface area contributed by atoms with E-state index in [1.165, 1.54) is 6.07 Å². The maximum atomic E-state index is 13.0. The van der Waals surface area contributed by atoms with Gasteiger partial charge in [0.05, 0.1) is 7.11 Å². The van der Waals surface area contributed by atoms with Crippen molar-refractivity contribution in [3.8, 4) is 0 Å². The van der Waals surface area contributed by atoms with Crippen LogP contribution in [0.5, 0.6) is 0 Å². The van der Waals surface area contributed by atoms with Gasteiger partial charge >= 0.3 is 5.97 Å². The first-order valence-corrected chi connectivity index (χ1v) is 3.69. The van der Waals surface area contributed by atoms with Gasteiger partial charge in [0.2, 0.25) is 0 Å². The van der Waals surface area contributed by atoms with Crippen LogP contribution < -0.4 is 0 Å². The minimum atomic E-state index is -1.22. The fourth-order valence-corrected chi connectivity index (χ4v) is 0.909. The van der Waals surface area contributed by atoms with Crippen molar-refractivity contribution in [2.24, 2.45) is 0 Å². The molecule has 0 amide bonds. The Morgan fingerprint density at radius 3 is 2.64 bits per heavy atom. The monoisotopic (exact) mass is 199 g/mol. The Hall–Kier alpha value is -1.78. The quantitative estimate of drug-likeness (QED) is 0.579. The zero-order valence-electron chi connectivity index (χ0n) is 7.30. The number of hydrogen-bond donors (Lipinski definition) is 1. The van der Waals surface area contributed by atoms with E-state index in [2.05, 4.69) is 4.74 Å². The minimum Gasteiger partial charge on any atom is -0.464 e. The molecule has 0 unspecified atom stereocenters. The second kappa shape index (κ2) is 3.95. The van der Waals surface area contributed by atoms with Crippen LogP contribution in [0.15, 0.2) is 18.2 Å². The summed E-state index contributed by atoms with van der Waals surface area (Å²) in [5.74, 6) is -3.33. The zero-order chi connectivity index (χ0) is 10.7. The lowest BCUT2D eigenvalue weighted by molar-refractivity contribution is -0.132. The first kappa shape index (κ1) is 10.3. The molecule has 5 heteroatoms. The van der Waals surface area contributed by atoms with Gasteiger partial charge in [0.25, 0.3) is 0 Å². The number of ether oxygens (including phenoxy) is 1. The molecular formula is C9H7F2NO2. The number of nitrogens with one attached hydrogen (secondary N) is 1. The van der Waals surface area contributed by atoms with Crippen molar-refractivity contribution in [2.75, 3.05) is 7.11 Å². The van der Waals surface area contributed by atoms with Crippen LogP contribution >= 0.6 is 0 Å². The van der Waals surface area contributed by atoms with Gasteiger partial charge in [-0.25, -0.2) is 13.6 Å². The lowest BCUT2D eigenvalue weighted by Gasteiger charge is -2.03. The Morgan fingerprint density at radius 2 is 2.07 bits per heavy atom. The number of halogens is 2. The Bertz CT molecular complexity index is 390. The Balaban J connectivity index is 3.14. The molecule has 1 N–H and O–H groups in total. The van der Waals surface area contributed by atoms with Crippen molar-refractivity contribution < 1.29 is 18.3 Å². The second-order valence-electron chi connectivity index (χ2n) is 2.47. The first-order chi connectivity index (χ1) is 6.57. The topological polar surface area (TPSA) is 50.2 Å². The van der Waals surface area contributed by atoms with Gasteiger partial charge in [0.1, 0.15) is 5.71 Å². The molecule has 0 aliphatic rings. The summed E-state index contributed by atoms with van der Waals surface area (Å²) in [6.45, 7) is 0. The third-order valence-electron chi connectivity index (χ3n) is 1.61. The van der Waals surface area contributed by atoms with Crippen LogP contribution in [0.4, 0.5) is 8.78 Å². The average Bonchev–Trinajstić information content (AvgIpc) is 2.20. The highest BCUT2D eigenvalue weighted by molar-refractivity contribution is 6.41. The number of methoxy groups -OCH3 is 1. The van der Waals surface area contributed by atoms with Crippen LogP contribution in [0, 0.1) is 17.0 Å². The van der Waals surface area contributed by atoms with Crippen molar-refractivity contribution in [1.29, 1.82) is 5.41 Å². The van der Waals surface area contributed by atoms with Crippen molar-refractivity contribution in [3.05, 3.63) is 35.4 Å². The Labute approximate surface area is 78.8 Å². The van der Waals surface area contributed by atoms with Gasteiger partial charge in [0.15, 0.2) is 11.6 Å². The highest BCUT2D eigenvalue weighted by atomic mass is 19.2. The fraction of sp³-hybridized carbons (Fsp3) is 0.111. The average molecular weight is 199 g/mol. The van der Waals surface area contributed by atoms with E-state index < -0.39 is 28.9 Å². The molecule has 0 fully saturated rings. The number of hydrogen-bond acceptors (Lipinski definition) is 3. The molecule has 0 saturated heterocycles. The van der Waals surface area contributed by atoms with E-state index in [1.54, 1.807) is 0 Å². The van der Waals surface area contributed by atoms with Gasteiger partial charge in [-0.3, -0.25) is 5.41 Å². The van der Waals surface area contributed by atoms with Gasteiger partial charge in [-0.05, 0) is 12.1 Å². The lowest BCUT2D eigenvalue weighted by Crippen LogP contribution is -2.17. The molecular weight excluding hydrogens is 192 g/mol. The summed E-state index contributed by atoms with van der Waals surface area (Å²) in [7, 11) is 1.06. The molecule has 74 valence electrons. The molecule has 0 aliphatic carbocycles. The molecule has 1 aromatic carbocycles. The molecule has 0 aromatic heterocycles. The van der Waals surface area contributed by atoms with Gasteiger partial charge in [-0.15, -0.1) is 0 Å². The van der Waals surface area contributed by atoms with Crippen LogP contribution in [-0.2, 0) is 9.53 Å². The predicted molar refractivity (Wildman–Crippen MR) is 45.2 cm³/mol. The molecule has 1 aromatic rings. The van der Waals surface area contributed by atoms with Crippen LogP contribution in [0.1, 0.15) is 5.56 Å². The predicted octanol–water partition coefficient (Wildman–Crippen LogP) is 1.51. The first-order valence-electron chi connectivity index (χ1n) is 3.69. The SMILES string of the molecule is COC(=O)C(=N)c1cccc(F)c1F. The lowest BCUT2D eigenvalue weighted by atomic mass is 10.1. The van der Waals surface area contributed by atoms with Gasteiger partial charge in [0, 0.05) is 5.56 Å². The van der Waals surface area contributed by atoms with E-state index in [0.717, 1.165) is 19.2 Å². The normalized spacial score (nSPS) is 9.64. The molecule has 0 spiro atoms. The van der Waals surface area contributed by atoms with E-state index >= 15 is 0 Å². The Kier molecular flexibility index (Phi) is 2.91. The third kappa shape index (κ3) is 1.76. The van der Waals surface area contributed by atoms with E-state index in [0.29, 0.717) is 0 Å². The molecule has 1 rings (SSSR count). The molecule has 14 heavy (non-hydrogen) atoms. The molecule has 3 nitrogen and oxygen atoms in total. The summed E-state index contributed by atoms with van der Waals surface area (Å²) in [5.41, 5.74) is -1.11. The highest BCUT2D eigenvalue weighted by Crippen LogP contribution is 2.12. The number of carbonyl (C=O) groups excluding carboxylic acids is 1. The zero-order valence-corrected chi connectivity index (χ0v) is 7.30. The number of rotatable bonds is 2. The Morgan fingerprint density at radius 1 is 1.43 bits per heavy atom. The van der Waals surface area contributed by atoms with Gasteiger partial charge in [-0.1, -0.05) is 6.07 Å². The summed E-state index contributed by atoms with van der Waals surface area (Å²) >= 11 is 0. The van der Waals surface area contributed by atoms with E-state index in [1.807, 2.05) is 0 Å². The van der Waals surface area contributed by atoms with E-state index in [-0.39, 0.29) is 0 Å². The van der Waals surface area contributed by atoms with Crippen molar-refractivity contribution in [3.63, 3.8) is 0 Å². The smallest absolute Gasteiger partial charge is 0.356 e. The van der Waals surface area contributed by atoms with Gasteiger partial charge in [-0.2, -0.15) is 0 Å². The second-order valence-corrected chi connectivity index (χ2v) is 2.47. The largest absolute Gasteiger partial charge is 0.464 e. The third-order valence-corrected chi connectivity index (χ3v) is 1.61. The van der Waals surface area contributed by atoms with Crippen LogP contribution in [0.2, 0.25) is 0 Å². The van der Waals surface area contributed by atoms with Crippen molar-refractivity contribution in [1.82, 2.24) is 0 Å². The standard InChI is InChI=1S/C9H7F2NO2/c1-14-9(13)8(12)5-3-2-4-6(10)7(5)11/h2-4,12H,1H3. The highest BCUT2D eigenvalue weighted by Gasteiger charge is 2.18. The maximum absolute atomic E-state index is 13.0. The molecule has 0 bridgehead atoms. The molecule has 0 saturated carbocycles. The van der Waals surface area contributed by atoms with Crippen LogP contribution in [-0.4, -0.2) is 18.8 Å². The van der Waals surface area contributed by atoms with Crippen LogP contribution in [0.25, 0.3) is 0 Å². The molecule has 0 atom stereocenters. The molecule has 0 aliphatic heterocycles. The summed E-state index contributed by atoms with van der Waals surface area (Å²) in [6, 6.07) is 3.26.